The fourth-order valence-electron chi connectivity index (χ4n) is 4.83. The molecule has 0 fully saturated rings. The third-order valence-corrected chi connectivity index (χ3v) is 6.94. The van der Waals surface area contributed by atoms with E-state index in [1.54, 1.807) is 0 Å². The molecule has 0 aromatic heterocycles. The summed E-state index contributed by atoms with van der Waals surface area (Å²) in [5, 5.41) is 0. The molecule has 200 valence electrons. The number of hydrogen-bond acceptors (Lipinski definition) is 1. The first-order valence-electron chi connectivity index (χ1n) is 14.0. The van der Waals surface area contributed by atoms with Gasteiger partial charge in [0.25, 0.3) is 0 Å². The van der Waals surface area contributed by atoms with Gasteiger partial charge in [-0.1, -0.05) is 152 Å². The fourth-order valence-corrected chi connectivity index (χ4v) is 4.83. The van der Waals surface area contributed by atoms with Crippen LogP contribution in [0.25, 0.3) is 24.3 Å². The Balaban J connectivity index is 1.37. The van der Waals surface area contributed by atoms with Crippen molar-refractivity contribution in [2.75, 3.05) is 4.90 Å². The SMILES string of the molecule is Cc1cccc(C)c1N(c1ccc(/C=C/C=C/c2ccccc2)cc1)c1ccc(/C=C/C=C/c2ccccc2)cc1. The molecule has 0 N–H and O–H groups in total. The molecule has 0 spiro atoms. The fraction of sp³-hybridized carbons (Fsp3) is 0.0500. The number of para-hydroxylation sites is 1. The third-order valence-electron chi connectivity index (χ3n) is 6.94. The number of rotatable bonds is 9. The van der Waals surface area contributed by atoms with Gasteiger partial charge in [0.1, 0.15) is 0 Å². The molecular weight excluding hydrogens is 494 g/mol. The smallest absolute Gasteiger partial charge is 0.0519 e. The van der Waals surface area contributed by atoms with Gasteiger partial charge in [0.05, 0.1) is 5.69 Å². The summed E-state index contributed by atoms with van der Waals surface area (Å²) in [5.41, 5.74) is 10.7. The van der Waals surface area contributed by atoms with Crippen molar-refractivity contribution in [1.29, 1.82) is 0 Å². The van der Waals surface area contributed by atoms with Crippen LogP contribution >= 0.6 is 0 Å². The maximum atomic E-state index is 2.36. The van der Waals surface area contributed by atoms with Crippen LogP contribution in [0.15, 0.2) is 152 Å². The highest BCUT2D eigenvalue weighted by molar-refractivity contribution is 5.81. The molecule has 0 saturated carbocycles. The molecule has 0 unspecified atom stereocenters. The number of allylic oxidation sites excluding steroid dienone is 4. The van der Waals surface area contributed by atoms with E-state index in [1.807, 2.05) is 12.1 Å². The molecule has 0 bridgehead atoms. The molecule has 0 heterocycles. The van der Waals surface area contributed by atoms with E-state index in [1.165, 1.54) is 27.9 Å². The van der Waals surface area contributed by atoms with Crippen molar-refractivity contribution in [1.82, 2.24) is 0 Å². The van der Waals surface area contributed by atoms with E-state index in [2.05, 4.69) is 183 Å². The van der Waals surface area contributed by atoms with Gasteiger partial charge in [-0.25, -0.2) is 0 Å². The number of benzene rings is 5. The first-order valence-corrected chi connectivity index (χ1v) is 14.0. The lowest BCUT2D eigenvalue weighted by atomic mass is 10.0. The second-order valence-corrected chi connectivity index (χ2v) is 10.0. The van der Waals surface area contributed by atoms with Crippen molar-refractivity contribution in [2.24, 2.45) is 0 Å². The van der Waals surface area contributed by atoms with Gasteiger partial charge in [-0.2, -0.15) is 0 Å². The highest BCUT2D eigenvalue weighted by atomic mass is 15.1. The summed E-state index contributed by atoms with van der Waals surface area (Å²) in [5.74, 6) is 0. The summed E-state index contributed by atoms with van der Waals surface area (Å²) in [4.78, 5) is 2.36. The Labute approximate surface area is 244 Å². The minimum atomic E-state index is 1.13. The van der Waals surface area contributed by atoms with Crippen LogP contribution in [-0.2, 0) is 0 Å². The number of hydrogen-bond donors (Lipinski definition) is 0. The van der Waals surface area contributed by atoms with Gasteiger partial charge in [0, 0.05) is 11.4 Å². The molecule has 0 aliphatic rings. The molecule has 5 aromatic rings. The van der Waals surface area contributed by atoms with Gasteiger partial charge in [0.15, 0.2) is 0 Å². The highest BCUT2D eigenvalue weighted by Crippen LogP contribution is 2.38. The minimum absolute atomic E-state index is 1.13. The second kappa shape index (κ2) is 13.8. The van der Waals surface area contributed by atoms with Gasteiger partial charge in [-0.05, 0) is 71.5 Å². The van der Waals surface area contributed by atoms with Crippen molar-refractivity contribution in [3.63, 3.8) is 0 Å². The Morgan fingerprint density at radius 1 is 0.366 bits per heavy atom. The molecule has 1 nitrogen and oxygen atoms in total. The van der Waals surface area contributed by atoms with Crippen molar-refractivity contribution in [2.45, 2.75) is 13.8 Å². The van der Waals surface area contributed by atoms with E-state index >= 15 is 0 Å². The Morgan fingerprint density at radius 2 is 0.707 bits per heavy atom. The number of anilines is 3. The summed E-state index contributed by atoms with van der Waals surface area (Å²) < 4.78 is 0. The van der Waals surface area contributed by atoms with E-state index in [0.29, 0.717) is 0 Å². The second-order valence-electron chi connectivity index (χ2n) is 10.0. The van der Waals surface area contributed by atoms with Crippen LogP contribution in [-0.4, -0.2) is 0 Å². The van der Waals surface area contributed by atoms with Crippen molar-refractivity contribution < 1.29 is 0 Å². The van der Waals surface area contributed by atoms with E-state index < -0.39 is 0 Å². The lowest BCUT2D eigenvalue weighted by Gasteiger charge is -2.29. The topological polar surface area (TPSA) is 3.24 Å². The third kappa shape index (κ3) is 7.50. The Kier molecular flexibility index (Phi) is 9.22. The van der Waals surface area contributed by atoms with Crippen molar-refractivity contribution in [3.8, 4) is 0 Å². The van der Waals surface area contributed by atoms with Crippen LogP contribution < -0.4 is 4.90 Å². The lowest BCUT2D eigenvalue weighted by molar-refractivity contribution is 1.22. The highest BCUT2D eigenvalue weighted by Gasteiger charge is 2.16. The van der Waals surface area contributed by atoms with Crippen molar-refractivity contribution >= 4 is 41.4 Å². The van der Waals surface area contributed by atoms with Gasteiger partial charge in [-0.3, -0.25) is 0 Å². The van der Waals surface area contributed by atoms with E-state index in [-0.39, 0.29) is 0 Å². The van der Waals surface area contributed by atoms with Gasteiger partial charge < -0.3 is 4.90 Å². The molecular formula is C40H35N. The summed E-state index contributed by atoms with van der Waals surface area (Å²) in [7, 11) is 0. The van der Waals surface area contributed by atoms with Crippen LogP contribution in [0.1, 0.15) is 33.4 Å². The maximum absolute atomic E-state index is 2.36. The van der Waals surface area contributed by atoms with Crippen LogP contribution in [0.5, 0.6) is 0 Å². The van der Waals surface area contributed by atoms with Crippen molar-refractivity contribution in [3.05, 3.63) is 185 Å². The Bertz CT molecular complexity index is 1530. The quantitative estimate of drug-likeness (QED) is 0.172. The maximum Gasteiger partial charge on any atom is 0.0519 e. The zero-order valence-corrected chi connectivity index (χ0v) is 23.7. The summed E-state index contributed by atoms with van der Waals surface area (Å²) in [6.45, 7) is 4.36. The van der Waals surface area contributed by atoms with Crippen LogP contribution in [0, 0.1) is 13.8 Å². The predicted octanol–water partition coefficient (Wildman–Crippen LogP) is 11.2. The monoisotopic (exact) mass is 529 g/mol. The number of nitrogens with zero attached hydrogens (tertiary/aromatic N) is 1. The summed E-state index contributed by atoms with van der Waals surface area (Å²) >= 11 is 0. The first kappa shape index (κ1) is 27.4. The van der Waals surface area contributed by atoms with Crippen LogP contribution in [0.4, 0.5) is 17.1 Å². The zero-order chi connectivity index (χ0) is 28.3. The van der Waals surface area contributed by atoms with Gasteiger partial charge in [0.2, 0.25) is 0 Å². The van der Waals surface area contributed by atoms with Crippen LogP contribution in [0.2, 0.25) is 0 Å². The molecule has 1 heteroatoms. The van der Waals surface area contributed by atoms with Gasteiger partial charge >= 0.3 is 0 Å². The molecule has 0 saturated heterocycles. The largest absolute Gasteiger partial charge is 0.310 e. The molecule has 0 aliphatic carbocycles. The Morgan fingerprint density at radius 3 is 1.07 bits per heavy atom. The Hall–Kier alpha value is -5.14. The molecule has 0 atom stereocenters. The lowest BCUT2D eigenvalue weighted by Crippen LogP contribution is -2.12. The van der Waals surface area contributed by atoms with Crippen LogP contribution in [0.3, 0.4) is 0 Å². The zero-order valence-electron chi connectivity index (χ0n) is 23.7. The minimum Gasteiger partial charge on any atom is -0.310 e. The average Bonchev–Trinajstić information content (AvgIpc) is 3.01. The van der Waals surface area contributed by atoms with E-state index in [9.17, 15) is 0 Å². The van der Waals surface area contributed by atoms with E-state index in [0.717, 1.165) is 22.5 Å². The average molecular weight is 530 g/mol. The van der Waals surface area contributed by atoms with E-state index in [4.69, 9.17) is 0 Å². The molecule has 5 rings (SSSR count). The van der Waals surface area contributed by atoms with Gasteiger partial charge in [-0.15, -0.1) is 0 Å². The number of aryl methyl sites for hydroxylation is 2. The molecule has 0 aliphatic heterocycles. The standard InChI is InChI=1S/C40H35N/c1-32-14-13-15-33(2)40(32)41(38-28-24-36(25-29-38)22-11-9-20-34-16-5-3-6-17-34)39-30-26-37(27-31-39)23-12-10-21-35-18-7-4-8-19-35/h3-31H,1-2H3/b20-9+,21-10+,22-11+,23-12+. The summed E-state index contributed by atoms with van der Waals surface area (Å²) in [6.07, 6.45) is 16.9. The predicted molar refractivity (Wildman–Crippen MR) is 180 cm³/mol. The normalized spacial score (nSPS) is 11.8. The molecule has 41 heavy (non-hydrogen) atoms. The molecule has 5 aromatic carbocycles. The first-order chi connectivity index (χ1) is 20.2. The molecule has 0 amide bonds. The molecule has 0 radical (unpaired) electrons. The summed E-state index contributed by atoms with van der Waals surface area (Å²) in [6, 6.07) is 44.7.